The maximum Gasteiger partial charge on any atom is 0.407 e. The molecule has 1 saturated carbocycles. The van der Waals surface area contributed by atoms with E-state index >= 15 is 4.39 Å². The molecular weight excluding hydrogens is 856 g/mol. The summed E-state index contributed by atoms with van der Waals surface area (Å²) < 4.78 is 25.5. The molecular formula is C51H59FN8O7. The summed E-state index contributed by atoms with van der Waals surface area (Å²) in [6.07, 6.45) is 4.36. The van der Waals surface area contributed by atoms with Crippen molar-refractivity contribution in [1.29, 1.82) is 0 Å². The summed E-state index contributed by atoms with van der Waals surface area (Å²) >= 11 is 0. The SMILES string of the molecule is COC(=O)NC(C(=O)N1CCCC1c1ncc(-c2ccc(-c3ccc(-c4ccc5c(=O)[nH]c(C6CCCN6C(=O)C(NC(=O)OC)C(C)C)nc5c4)c4c3C3CC(C)(F)C3C4)cc2)[nH]1)C(C)C. The first-order chi connectivity index (χ1) is 32.1. The number of hydrogen-bond donors (Lipinski definition) is 4. The Morgan fingerprint density at radius 3 is 1.93 bits per heavy atom. The topological polar surface area (TPSA) is 192 Å². The Morgan fingerprint density at radius 2 is 1.34 bits per heavy atom. The highest BCUT2D eigenvalue weighted by Crippen LogP contribution is 2.62. The Bertz CT molecular complexity index is 2800. The van der Waals surface area contributed by atoms with E-state index in [0.717, 1.165) is 57.5 Å². The van der Waals surface area contributed by atoms with E-state index in [4.69, 9.17) is 19.4 Å². The van der Waals surface area contributed by atoms with Crippen LogP contribution >= 0.6 is 0 Å². The number of hydrogen-bond acceptors (Lipinski definition) is 9. The molecule has 2 aromatic heterocycles. The number of methoxy groups -OCH3 is 2. The Balaban J connectivity index is 0.994. The van der Waals surface area contributed by atoms with Gasteiger partial charge in [0.25, 0.3) is 5.56 Å². The van der Waals surface area contributed by atoms with Crippen LogP contribution in [-0.4, -0.2) is 98.8 Å². The van der Waals surface area contributed by atoms with Crippen molar-refractivity contribution < 1.29 is 33.0 Å². The van der Waals surface area contributed by atoms with Crippen molar-refractivity contribution in [1.82, 2.24) is 40.4 Å². The molecule has 352 valence electrons. The van der Waals surface area contributed by atoms with Gasteiger partial charge < -0.3 is 39.9 Å². The van der Waals surface area contributed by atoms with E-state index in [-0.39, 0.29) is 47.1 Å². The zero-order valence-electron chi connectivity index (χ0n) is 39.1. The number of alkyl halides is 1. The van der Waals surface area contributed by atoms with Crippen LogP contribution in [0.1, 0.15) is 108 Å². The minimum atomic E-state index is -1.29. The summed E-state index contributed by atoms with van der Waals surface area (Å²) in [4.78, 5) is 85.0. The number of rotatable bonds is 11. The average Bonchev–Trinajstić information content (AvgIpc) is 4.15. The molecule has 2 saturated heterocycles. The van der Waals surface area contributed by atoms with Crippen LogP contribution in [0.15, 0.2) is 65.6 Å². The molecule has 0 radical (unpaired) electrons. The summed E-state index contributed by atoms with van der Waals surface area (Å²) in [7, 11) is 2.54. The number of aromatic nitrogens is 4. The number of nitrogens with zero attached hydrogens (tertiary/aromatic N) is 4. The zero-order chi connectivity index (χ0) is 47.5. The molecule has 15 nitrogen and oxygen atoms in total. The van der Waals surface area contributed by atoms with Gasteiger partial charge in [0.15, 0.2) is 0 Å². The normalized spacial score (nSPS) is 22.9. The Morgan fingerprint density at radius 1 is 0.776 bits per heavy atom. The lowest BCUT2D eigenvalue weighted by molar-refractivity contribution is -0.136. The first kappa shape index (κ1) is 45.6. The van der Waals surface area contributed by atoms with E-state index in [0.29, 0.717) is 61.3 Å². The number of H-pyrrole nitrogens is 2. The fourth-order valence-electron chi connectivity index (χ4n) is 11.0. The highest BCUT2D eigenvalue weighted by Gasteiger charge is 2.56. The van der Waals surface area contributed by atoms with Crippen LogP contribution in [0.5, 0.6) is 0 Å². The van der Waals surface area contributed by atoms with Crippen molar-refractivity contribution in [2.45, 2.75) is 109 Å². The number of carbonyl (C=O) groups excluding carboxylic acids is 4. The van der Waals surface area contributed by atoms with Gasteiger partial charge in [-0.2, -0.15) is 0 Å². The Kier molecular flexibility index (Phi) is 12.2. The molecule has 5 aromatic rings. The number of amides is 4. The van der Waals surface area contributed by atoms with Gasteiger partial charge in [-0.05, 0) is 114 Å². The zero-order valence-corrected chi connectivity index (χ0v) is 39.1. The van der Waals surface area contributed by atoms with Crippen LogP contribution in [0.3, 0.4) is 0 Å². The summed E-state index contributed by atoms with van der Waals surface area (Å²) in [5.41, 5.74) is 6.82. The van der Waals surface area contributed by atoms with Gasteiger partial charge >= 0.3 is 12.2 Å². The van der Waals surface area contributed by atoms with Crippen molar-refractivity contribution in [3.8, 4) is 33.5 Å². The fraction of sp³-hybridized carbons (Fsp3) is 0.471. The van der Waals surface area contributed by atoms with Crippen LogP contribution in [0.2, 0.25) is 0 Å². The van der Waals surface area contributed by atoms with Crippen molar-refractivity contribution >= 4 is 34.9 Å². The van der Waals surface area contributed by atoms with Crippen molar-refractivity contribution in [2.24, 2.45) is 17.8 Å². The molecule has 3 aromatic carbocycles. The second-order valence-corrected chi connectivity index (χ2v) is 19.5. The number of alkyl carbamates (subject to hydrolysis) is 2. The lowest BCUT2D eigenvalue weighted by atomic mass is 9.63. The summed E-state index contributed by atoms with van der Waals surface area (Å²) in [5, 5.41) is 5.79. The molecule has 2 aliphatic heterocycles. The van der Waals surface area contributed by atoms with Crippen LogP contribution in [0, 0.1) is 17.8 Å². The fourth-order valence-corrected chi connectivity index (χ4v) is 11.0. The van der Waals surface area contributed by atoms with E-state index in [2.05, 4.69) is 44.9 Å². The molecule has 4 amide bonds. The standard InChI is InChI=1S/C51H59FN8O7/c1-26(2)42(56-49(64)66-6)47(62)59-20-8-10-39(59)44-53-25-38(55-44)29-14-12-28(13-15-29)32-19-18-31(34-23-36-35(41(32)34)24-51(36,5)52)30-16-17-33-37(22-30)54-45(58-46(33)61)40-11-9-21-60(40)48(63)43(27(3)4)57-50(65)67-7/h12-19,22,25-27,35-36,39-40,42-43H,8-11,20-21,23-24H2,1-7H3,(H,53,55)(H,56,64)(H,57,65)(H,54,58,61). The lowest BCUT2D eigenvalue weighted by Crippen LogP contribution is -2.51. The van der Waals surface area contributed by atoms with E-state index < -0.39 is 36.0 Å². The Labute approximate surface area is 388 Å². The van der Waals surface area contributed by atoms with E-state index in [9.17, 15) is 24.0 Å². The van der Waals surface area contributed by atoms with Gasteiger partial charge in [0.2, 0.25) is 11.8 Å². The van der Waals surface area contributed by atoms with Crippen LogP contribution in [0.25, 0.3) is 44.4 Å². The first-order valence-electron chi connectivity index (χ1n) is 23.4. The van der Waals surface area contributed by atoms with Crippen LogP contribution in [0.4, 0.5) is 14.0 Å². The minimum Gasteiger partial charge on any atom is -0.453 e. The minimum absolute atomic E-state index is 0.0622. The number of fused-ring (bicyclic) bond motifs is 4. The van der Waals surface area contributed by atoms with Crippen LogP contribution in [-0.2, 0) is 25.5 Å². The molecule has 4 N–H and O–H groups in total. The van der Waals surface area contributed by atoms with Crippen molar-refractivity contribution in [3.05, 3.63) is 93.9 Å². The number of nitrogens with one attached hydrogen (secondary N) is 4. The quantitative estimate of drug-likeness (QED) is 0.101. The van der Waals surface area contributed by atoms with Gasteiger partial charge in [-0.25, -0.2) is 23.9 Å². The Hall–Kier alpha value is -6.58. The monoisotopic (exact) mass is 914 g/mol. The third-order valence-electron chi connectivity index (χ3n) is 14.7. The predicted molar refractivity (Wildman–Crippen MR) is 251 cm³/mol. The maximum absolute atomic E-state index is 15.9. The van der Waals surface area contributed by atoms with Gasteiger partial charge in [0.1, 0.15) is 29.4 Å². The van der Waals surface area contributed by atoms with Crippen molar-refractivity contribution in [2.75, 3.05) is 27.3 Å². The first-order valence-corrected chi connectivity index (χ1v) is 23.4. The molecule has 4 aliphatic rings. The molecule has 3 fully saturated rings. The largest absolute Gasteiger partial charge is 0.453 e. The molecule has 0 bridgehead atoms. The number of benzene rings is 3. The number of imidazole rings is 1. The highest BCUT2D eigenvalue weighted by atomic mass is 19.1. The molecule has 67 heavy (non-hydrogen) atoms. The number of halogens is 1. The average molecular weight is 915 g/mol. The summed E-state index contributed by atoms with van der Waals surface area (Å²) in [6.45, 7) is 10.2. The van der Waals surface area contributed by atoms with E-state index in [1.54, 1.807) is 29.0 Å². The predicted octanol–water partition coefficient (Wildman–Crippen LogP) is 8.12. The maximum atomic E-state index is 15.9. The third kappa shape index (κ3) is 8.32. The van der Waals surface area contributed by atoms with E-state index in [1.807, 2.05) is 52.0 Å². The van der Waals surface area contributed by atoms with Gasteiger partial charge in [-0.1, -0.05) is 70.2 Å². The van der Waals surface area contributed by atoms with E-state index in [1.165, 1.54) is 14.2 Å². The second-order valence-electron chi connectivity index (χ2n) is 19.5. The molecule has 2 aliphatic carbocycles. The number of aromatic amines is 2. The molecule has 9 rings (SSSR count). The van der Waals surface area contributed by atoms with Gasteiger partial charge in [0.05, 0.1) is 49.1 Å². The van der Waals surface area contributed by atoms with Crippen molar-refractivity contribution in [3.63, 3.8) is 0 Å². The third-order valence-corrected chi connectivity index (χ3v) is 14.7. The molecule has 0 spiro atoms. The van der Waals surface area contributed by atoms with Gasteiger partial charge in [-0.3, -0.25) is 14.4 Å². The second kappa shape index (κ2) is 17.9. The summed E-state index contributed by atoms with van der Waals surface area (Å²) in [5.74, 6) is 0.226. The molecule has 16 heteroatoms. The highest BCUT2D eigenvalue weighted by molar-refractivity contribution is 5.89. The number of carbonyl (C=O) groups is 4. The lowest BCUT2D eigenvalue weighted by Gasteiger charge is -2.44. The number of likely N-dealkylation sites (tertiary alicyclic amines) is 2. The molecule has 7 atom stereocenters. The summed E-state index contributed by atoms with van der Waals surface area (Å²) in [6, 6.07) is 15.8. The molecule has 4 heterocycles. The smallest absolute Gasteiger partial charge is 0.407 e. The van der Waals surface area contributed by atoms with Crippen LogP contribution < -0.4 is 16.2 Å². The molecule has 7 unspecified atom stereocenters. The van der Waals surface area contributed by atoms with Gasteiger partial charge in [0, 0.05) is 19.0 Å². The van der Waals surface area contributed by atoms with Gasteiger partial charge in [-0.15, -0.1) is 0 Å². The number of ether oxygens (including phenoxy) is 2.